The lowest BCUT2D eigenvalue weighted by atomic mass is 10.1. The number of phenolic OH excluding ortho intramolecular Hbond substituents is 1. The number of carboxylic acid groups (broad SMARTS) is 1. The molecule has 0 bridgehead atoms. The fourth-order valence-electron chi connectivity index (χ4n) is 1.43. The van der Waals surface area contributed by atoms with Gasteiger partial charge in [-0.05, 0) is 18.2 Å². The number of benzene rings is 2. The van der Waals surface area contributed by atoms with Crippen molar-refractivity contribution in [1.82, 2.24) is 0 Å². The highest BCUT2D eigenvalue weighted by Gasteiger charge is 2.01. The third kappa shape index (κ3) is 5.22. The topological polar surface area (TPSA) is 101 Å². The van der Waals surface area contributed by atoms with Crippen molar-refractivity contribution in [3.63, 3.8) is 0 Å². The fraction of sp³-hybridized carbons (Fsp3) is 0.0667. The van der Waals surface area contributed by atoms with Crippen LogP contribution in [0.5, 0.6) is 5.75 Å². The molecule has 0 saturated carbocycles. The second-order valence-corrected chi connectivity index (χ2v) is 3.94. The summed E-state index contributed by atoms with van der Waals surface area (Å²) >= 11 is 0. The van der Waals surface area contributed by atoms with Gasteiger partial charge in [0.2, 0.25) is 5.91 Å². The van der Waals surface area contributed by atoms with Gasteiger partial charge in [-0.2, -0.15) is 0 Å². The Morgan fingerprint density at radius 2 is 1.50 bits per heavy atom. The first-order valence-corrected chi connectivity index (χ1v) is 5.84. The number of hydrogen-bond donors (Lipinski definition) is 3. The van der Waals surface area contributed by atoms with Gasteiger partial charge in [0.25, 0.3) is 0 Å². The maximum atomic E-state index is 10.4. The molecule has 0 aliphatic carbocycles. The Balaban J connectivity index is 0.000000204. The van der Waals surface area contributed by atoms with Gasteiger partial charge in [-0.25, -0.2) is 4.79 Å². The maximum Gasteiger partial charge on any atom is 0.335 e. The Hall–Kier alpha value is -2.82. The predicted molar refractivity (Wildman–Crippen MR) is 74.4 cm³/mol. The summed E-state index contributed by atoms with van der Waals surface area (Å²) < 4.78 is 0. The molecule has 0 fully saturated rings. The second-order valence-electron chi connectivity index (χ2n) is 3.94. The van der Waals surface area contributed by atoms with Gasteiger partial charge in [0.1, 0.15) is 5.75 Å². The lowest BCUT2D eigenvalue weighted by Gasteiger charge is -1.99. The van der Waals surface area contributed by atoms with E-state index >= 15 is 0 Å². The van der Waals surface area contributed by atoms with Crippen LogP contribution in [0.15, 0.2) is 54.6 Å². The van der Waals surface area contributed by atoms with Crippen LogP contribution in [0.1, 0.15) is 15.9 Å². The SMILES string of the molecule is NC(=O)Cc1ccccc1O.O=C(O)c1ccccc1. The van der Waals surface area contributed by atoms with Gasteiger partial charge >= 0.3 is 5.97 Å². The van der Waals surface area contributed by atoms with Crippen molar-refractivity contribution in [2.75, 3.05) is 0 Å². The van der Waals surface area contributed by atoms with Crippen molar-refractivity contribution < 1.29 is 19.8 Å². The minimum atomic E-state index is -0.879. The maximum absolute atomic E-state index is 10.4. The van der Waals surface area contributed by atoms with E-state index in [0.29, 0.717) is 11.1 Å². The summed E-state index contributed by atoms with van der Waals surface area (Å²) in [5.41, 5.74) is 5.84. The highest BCUT2D eigenvalue weighted by atomic mass is 16.4. The third-order valence-electron chi connectivity index (χ3n) is 2.38. The quantitative estimate of drug-likeness (QED) is 0.793. The smallest absolute Gasteiger partial charge is 0.335 e. The summed E-state index contributed by atoms with van der Waals surface area (Å²) in [4.78, 5) is 20.6. The molecule has 5 heteroatoms. The van der Waals surface area contributed by atoms with Gasteiger partial charge in [-0.1, -0.05) is 36.4 Å². The Bertz CT molecular complexity index is 581. The molecule has 0 atom stereocenters. The molecule has 1 amide bonds. The van der Waals surface area contributed by atoms with E-state index in [1.807, 2.05) is 0 Å². The summed E-state index contributed by atoms with van der Waals surface area (Å²) in [7, 11) is 0. The standard InChI is InChI=1S/C8H9NO2.C7H6O2/c9-8(11)5-6-3-1-2-4-7(6)10;8-7(9)6-4-2-1-3-5-6/h1-4,10H,5H2,(H2,9,11);1-5H,(H,8,9). The monoisotopic (exact) mass is 273 g/mol. The first-order valence-electron chi connectivity index (χ1n) is 5.84. The molecular formula is C15H15NO4. The van der Waals surface area contributed by atoms with E-state index in [2.05, 4.69) is 0 Å². The van der Waals surface area contributed by atoms with Crippen LogP contribution in [-0.4, -0.2) is 22.1 Å². The molecule has 2 aromatic carbocycles. The summed E-state index contributed by atoms with van der Waals surface area (Å²) in [5, 5.41) is 17.5. The number of carbonyl (C=O) groups excluding carboxylic acids is 1. The van der Waals surface area contributed by atoms with E-state index in [1.54, 1.807) is 48.5 Å². The zero-order valence-electron chi connectivity index (χ0n) is 10.7. The van der Waals surface area contributed by atoms with Crippen molar-refractivity contribution in [2.24, 2.45) is 5.73 Å². The van der Waals surface area contributed by atoms with Crippen molar-refractivity contribution in [2.45, 2.75) is 6.42 Å². The number of hydrogen-bond acceptors (Lipinski definition) is 3. The minimum Gasteiger partial charge on any atom is -0.508 e. The second kappa shape index (κ2) is 7.58. The van der Waals surface area contributed by atoms with Crippen LogP contribution in [0.3, 0.4) is 0 Å². The van der Waals surface area contributed by atoms with Gasteiger partial charge in [0.15, 0.2) is 0 Å². The number of carbonyl (C=O) groups is 2. The van der Waals surface area contributed by atoms with E-state index in [9.17, 15) is 9.59 Å². The molecule has 2 rings (SSSR count). The molecule has 0 spiro atoms. The average Bonchev–Trinajstić information content (AvgIpc) is 2.43. The van der Waals surface area contributed by atoms with Gasteiger partial charge < -0.3 is 15.9 Å². The van der Waals surface area contributed by atoms with E-state index in [-0.39, 0.29) is 12.2 Å². The number of amides is 1. The van der Waals surface area contributed by atoms with Crippen LogP contribution in [0.25, 0.3) is 0 Å². The van der Waals surface area contributed by atoms with E-state index < -0.39 is 11.9 Å². The molecule has 0 saturated heterocycles. The molecule has 0 aliphatic heterocycles. The molecule has 104 valence electrons. The number of primary amides is 1. The van der Waals surface area contributed by atoms with Crippen molar-refractivity contribution in [3.8, 4) is 5.75 Å². The number of para-hydroxylation sites is 1. The summed E-state index contributed by atoms with van der Waals surface area (Å²) in [6.07, 6.45) is 0.0900. The number of aromatic carboxylic acids is 1. The Morgan fingerprint density at radius 1 is 0.950 bits per heavy atom. The van der Waals surface area contributed by atoms with Crippen molar-refractivity contribution >= 4 is 11.9 Å². The molecule has 2 aromatic rings. The van der Waals surface area contributed by atoms with E-state index in [1.165, 1.54) is 6.07 Å². The third-order valence-corrected chi connectivity index (χ3v) is 2.38. The molecule has 5 nitrogen and oxygen atoms in total. The first-order chi connectivity index (χ1) is 9.50. The summed E-state index contributed by atoms with van der Waals surface area (Å²) in [6, 6.07) is 14.9. The largest absolute Gasteiger partial charge is 0.508 e. The van der Waals surface area contributed by atoms with Crippen molar-refractivity contribution in [3.05, 3.63) is 65.7 Å². The number of phenols is 1. The molecule has 0 heterocycles. The molecule has 0 aromatic heterocycles. The highest BCUT2D eigenvalue weighted by Crippen LogP contribution is 2.15. The van der Waals surface area contributed by atoms with E-state index in [4.69, 9.17) is 15.9 Å². The molecule has 0 aliphatic rings. The zero-order valence-corrected chi connectivity index (χ0v) is 10.7. The van der Waals surface area contributed by atoms with Gasteiger partial charge in [0.05, 0.1) is 12.0 Å². The fourth-order valence-corrected chi connectivity index (χ4v) is 1.43. The summed E-state index contributed by atoms with van der Waals surface area (Å²) in [5.74, 6) is -1.20. The average molecular weight is 273 g/mol. The van der Waals surface area contributed by atoms with Crippen LogP contribution < -0.4 is 5.73 Å². The van der Waals surface area contributed by atoms with Crippen LogP contribution in [0.4, 0.5) is 0 Å². The first kappa shape index (κ1) is 15.2. The Morgan fingerprint density at radius 3 is 1.95 bits per heavy atom. The minimum absolute atomic E-state index is 0.0900. The number of aromatic hydroxyl groups is 1. The van der Waals surface area contributed by atoms with Crippen molar-refractivity contribution in [1.29, 1.82) is 0 Å². The molecule has 4 N–H and O–H groups in total. The summed E-state index contributed by atoms with van der Waals surface area (Å²) in [6.45, 7) is 0. The lowest BCUT2D eigenvalue weighted by Crippen LogP contribution is -2.13. The van der Waals surface area contributed by atoms with Crippen LogP contribution in [0, 0.1) is 0 Å². The van der Waals surface area contributed by atoms with Gasteiger partial charge in [-0.15, -0.1) is 0 Å². The molecular weight excluding hydrogens is 258 g/mol. The Kier molecular flexibility index (Phi) is 5.77. The number of rotatable bonds is 3. The Labute approximate surface area is 116 Å². The van der Waals surface area contributed by atoms with Crippen LogP contribution in [-0.2, 0) is 11.2 Å². The number of carboxylic acids is 1. The molecule has 20 heavy (non-hydrogen) atoms. The highest BCUT2D eigenvalue weighted by molar-refractivity contribution is 5.87. The molecule has 0 unspecified atom stereocenters. The van der Waals surface area contributed by atoms with Crippen LogP contribution >= 0.6 is 0 Å². The van der Waals surface area contributed by atoms with Gasteiger partial charge in [0, 0.05) is 5.56 Å². The number of nitrogens with two attached hydrogens (primary N) is 1. The lowest BCUT2D eigenvalue weighted by molar-refractivity contribution is -0.117. The van der Waals surface area contributed by atoms with Gasteiger partial charge in [-0.3, -0.25) is 4.79 Å². The van der Waals surface area contributed by atoms with Crippen LogP contribution in [0.2, 0.25) is 0 Å². The predicted octanol–water partition coefficient (Wildman–Crippen LogP) is 1.80. The zero-order chi connectivity index (χ0) is 15.0. The normalized spacial score (nSPS) is 9.20. The molecule has 0 radical (unpaired) electrons. The van der Waals surface area contributed by atoms with E-state index in [0.717, 1.165) is 0 Å².